The lowest BCUT2D eigenvalue weighted by molar-refractivity contribution is 0.137. The van der Waals surface area contributed by atoms with Crippen LogP contribution in [0.25, 0.3) is 0 Å². The molecule has 15 heavy (non-hydrogen) atoms. The average molecular weight is 211 g/mol. The molecule has 0 amide bonds. The molecule has 0 aliphatic rings. The number of ether oxygens (including phenoxy) is 1. The van der Waals surface area contributed by atoms with Crippen LogP contribution in [-0.4, -0.2) is 20.3 Å². The molecule has 1 N–H and O–H groups in total. The molecular weight excluding hydrogens is 193 g/mol. The van der Waals surface area contributed by atoms with E-state index < -0.39 is 0 Å². The minimum Gasteiger partial charge on any atom is -0.382 e. The Morgan fingerprint density at radius 1 is 1.33 bits per heavy atom. The van der Waals surface area contributed by atoms with Crippen molar-refractivity contribution in [1.29, 1.82) is 0 Å². The summed E-state index contributed by atoms with van der Waals surface area (Å²) < 4.78 is 18.0. The van der Waals surface area contributed by atoms with Crippen LogP contribution in [0, 0.1) is 5.82 Å². The minimum atomic E-state index is -0.196. The molecule has 0 bridgehead atoms. The molecule has 0 aromatic heterocycles. The first-order chi connectivity index (χ1) is 7.27. The molecule has 0 heterocycles. The first-order valence-electron chi connectivity index (χ1n) is 5.28. The largest absolute Gasteiger partial charge is 0.382 e. The van der Waals surface area contributed by atoms with Crippen molar-refractivity contribution in [2.45, 2.75) is 19.4 Å². The highest BCUT2D eigenvalue weighted by Gasteiger charge is 2.08. The Hall–Kier alpha value is -0.930. The lowest BCUT2D eigenvalue weighted by Gasteiger charge is -2.16. The summed E-state index contributed by atoms with van der Waals surface area (Å²) in [6.07, 6.45) is 0.899. The number of hydrogen-bond donors (Lipinski definition) is 1. The summed E-state index contributed by atoms with van der Waals surface area (Å²) in [4.78, 5) is 0. The smallest absolute Gasteiger partial charge is 0.123 e. The second-order valence-electron chi connectivity index (χ2n) is 3.38. The maximum Gasteiger partial charge on any atom is 0.123 e. The zero-order chi connectivity index (χ0) is 11.1. The van der Waals surface area contributed by atoms with Gasteiger partial charge in [0.25, 0.3) is 0 Å². The lowest BCUT2D eigenvalue weighted by Crippen LogP contribution is -2.18. The highest BCUT2D eigenvalue weighted by atomic mass is 19.1. The highest BCUT2D eigenvalue weighted by molar-refractivity contribution is 5.19. The second kappa shape index (κ2) is 6.53. The molecule has 3 heteroatoms. The van der Waals surface area contributed by atoms with Gasteiger partial charge in [0.15, 0.2) is 0 Å². The molecule has 1 aromatic rings. The van der Waals surface area contributed by atoms with E-state index in [1.54, 1.807) is 0 Å². The number of benzene rings is 1. The van der Waals surface area contributed by atoms with E-state index in [2.05, 4.69) is 5.32 Å². The topological polar surface area (TPSA) is 21.3 Å². The third-order valence-corrected chi connectivity index (χ3v) is 2.38. The molecule has 0 radical (unpaired) electrons. The number of rotatable bonds is 6. The van der Waals surface area contributed by atoms with Crippen molar-refractivity contribution in [3.05, 3.63) is 35.6 Å². The maximum absolute atomic E-state index is 12.7. The van der Waals surface area contributed by atoms with E-state index in [-0.39, 0.29) is 11.9 Å². The van der Waals surface area contributed by atoms with Crippen molar-refractivity contribution in [1.82, 2.24) is 5.32 Å². The Morgan fingerprint density at radius 3 is 2.53 bits per heavy atom. The minimum absolute atomic E-state index is 0.196. The summed E-state index contributed by atoms with van der Waals surface area (Å²) >= 11 is 0. The van der Waals surface area contributed by atoms with Gasteiger partial charge in [-0.15, -0.1) is 0 Å². The van der Waals surface area contributed by atoms with Crippen molar-refractivity contribution >= 4 is 0 Å². The van der Waals surface area contributed by atoms with Crippen molar-refractivity contribution in [2.75, 3.05) is 20.3 Å². The molecule has 1 atom stereocenters. The van der Waals surface area contributed by atoms with E-state index in [0.29, 0.717) is 0 Å². The van der Waals surface area contributed by atoms with Crippen LogP contribution in [0.3, 0.4) is 0 Å². The first-order valence-corrected chi connectivity index (χ1v) is 5.28. The molecule has 0 aliphatic carbocycles. The Morgan fingerprint density at radius 2 is 2.00 bits per heavy atom. The molecule has 1 rings (SSSR count). The summed E-state index contributed by atoms with van der Waals surface area (Å²) in [5.41, 5.74) is 1.10. The summed E-state index contributed by atoms with van der Waals surface area (Å²) in [5, 5.41) is 3.19. The van der Waals surface area contributed by atoms with Crippen LogP contribution in [0.15, 0.2) is 24.3 Å². The predicted octanol–water partition coefficient (Wildman–Crippen LogP) is 2.51. The highest BCUT2D eigenvalue weighted by Crippen LogP contribution is 2.16. The van der Waals surface area contributed by atoms with E-state index in [9.17, 15) is 4.39 Å². The lowest BCUT2D eigenvalue weighted by atomic mass is 10.0. The van der Waals surface area contributed by atoms with Gasteiger partial charge in [-0.2, -0.15) is 0 Å². The quantitative estimate of drug-likeness (QED) is 0.730. The van der Waals surface area contributed by atoms with Crippen molar-refractivity contribution in [2.24, 2.45) is 0 Å². The third kappa shape index (κ3) is 3.98. The van der Waals surface area contributed by atoms with Gasteiger partial charge in [0.05, 0.1) is 0 Å². The van der Waals surface area contributed by atoms with E-state index in [0.717, 1.165) is 25.2 Å². The molecule has 0 fully saturated rings. The monoisotopic (exact) mass is 211 g/mol. The third-order valence-electron chi connectivity index (χ3n) is 2.38. The molecule has 0 saturated carbocycles. The fraction of sp³-hybridized carbons (Fsp3) is 0.500. The molecule has 2 nitrogen and oxygen atoms in total. The Balaban J connectivity index is 2.53. The van der Waals surface area contributed by atoms with Crippen LogP contribution < -0.4 is 5.32 Å². The van der Waals surface area contributed by atoms with Gasteiger partial charge >= 0.3 is 0 Å². The van der Waals surface area contributed by atoms with Crippen LogP contribution in [0.4, 0.5) is 4.39 Å². The maximum atomic E-state index is 12.7. The van der Waals surface area contributed by atoms with Crippen molar-refractivity contribution in [3.8, 4) is 0 Å². The fourth-order valence-electron chi connectivity index (χ4n) is 1.52. The fourth-order valence-corrected chi connectivity index (χ4v) is 1.52. The van der Waals surface area contributed by atoms with Crippen LogP contribution in [0.1, 0.15) is 24.9 Å². The molecular formula is C12H18FNO. The molecule has 1 unspecified atom stereocenters. The van der Waals surface area contributed by atoms with E-state index in [4.69, 9.17) is 4.74 Å². The Kier molecular flexibility index (Phi) is 5.29. The van der Waals surface area contributed by atoms with Gasteiger partial charge in [-0.1, -0.05) is 12.1 Å². The van der Waals surface area contributed by atoms with Gasteiger partial charge in [-0.05, 0) is 38.1 Å². The normalized spacial score (nSPS) is 12.7. The van der Waals surface area contributed by atoms with Crippen LogP contribution >= 0.6 is 0 Å². The summed E-state index contributed by atoms with van der Waals surface area (Å²) in [7, 11) is 1.90. The summed E-state index contributed by atoms with van der Waals surface area (Å²) in [6.45, 7) is 3.44. The zero-order valence-electron chi connectivity index (χ0n) is 9.29. The molecule has 0 spiro atoms. The van der Waals surface area contributed by atoms with Crippen molar-refractivity contribution in [3.63, 3.8) is 0 Å². The standard InChI is InChI=1S/C12H18FNO/c1-3-15-9-8-12(14-2)10-4-6-11(13)7-5-10/h4-7,12,14H,3,8-9H2,1-2H3. The molecule has 1 aromatic carbocycles. The second-order valence-corrected chi connectivity index (χ2v) is 3.38. The van der Waals surface area contributed by atoms with Gasteiger partial charge in [0.2, 0.25) is 0 Å². The molecule has 0 aliphatic heterocycles. The number of halogens is 1. The van der Waals surface area contributed by atoms with E-state index in [1.807, 2.05) is 26.1 Å². The van der Waals surface area contributed by atoms with Gasteiger partial charge in [0.1, 0.15) is 5.82 Å². The Labute approximate surface area is 90.4 Å². The van der Waals surface area contributed by atoms with Crippen LogP contribution in [-0.2, 0) is 4.74 Å². The Bertz CT molecular complexity index is 273. The van der Waals surface area contributed by atoms with Crippen LogP contribution in [0.5, 0.6) is 0 Å². The summed E-state index contributed by atoms with van der Waals surface area (Å²) in [5.74, 6) is -0.196. The van der Waals surface area contributed by atoms with E-state index in [1.165, 1.54) is 12.1 Å². The van der Waals surface area contributed by atoms with Crippen LogP contribution in [0.2, 0.25) is 0 Å². The summed E-state index contributed by atoms with van der Waals surface area (Å²) in [6, 6.07) is 6.82. The average Bonchev–Trinajstić information content (AvgIpc) is 2.26. The zero-order valence-corrected chi connectivity index (χ0v) is 9.29. The van der Waals surface area contributed by atoms with Gasteiger partial charge in [0, 0.05) is 19.3 Å². The van der Waals surface area contributed by atoms with Gasteiger partial charge in [-0.3, -0.25) is 0 Å². The van der Waals surface area contributed by atoms with Gasteiger partial charge in [-0.25, -0.2) is 4.39 Å². The predicted molar refractivity (Wildman–Crippen MR) is 59.3 cm³/mol. The number of nitrogens with one attached hydrogen (secondary N) is 1. The SMILES string of the molecule is CCOCCC(NC)c1ccc(F)cc1. The van der Waals surface area contributed by atoms with E-state index >= 15 is 0 Å². The number of hydrogen-bond acceptors (Lipinski definition) is 2. The molecule has 0 saturated heterocycles. The molecule has 84 valence electrons. The van der Waals surface area contributed by atoms with Crippen molar-refractivity contribution < 1.29 is 9.13 Å². The first kappa shape index (κ1) is 12.1. The van der Waals surface area contributed by atoms with Gasteiger partial charge < -0.3 is 10.1 Å².